The molecule has 2 aromatic rings. The van der Waals surface area contributed by atoms with Crippen LogP contribution in [0.25, 0.3) is 0 Å². The summed E-state index contributed by atoms with van der Waals surface area (Å²) in [4.78, 5) is 13.7. The SMILES string of the molecule is CCCC(=O)OCC(O)CN(Cc1ccccc1)Cc1ccccc1C. The Labute approximate surface area is 156 Å². The zero-order valence-electron chi connectivity index (χ0n) is 15.7. The molecule has 0 heterocycles. The number of carbonyl (C=O) groups excluding carboxylic acids is 1. The Morgan fingerprint density at radius 3 is 2.46 bits per heavy atom. The fourth-order valence-electron chi connectivity index (χ4n) is 2.87. The van der Waals surface area contributed by atoms with Crippen LogP contribution in [0.3, 0.4) is 0 Å². The van der Waals surface area contributed by atoms with Crippen molar-refractivity contribution in [2.45, 2.75) is 45.9 Å². The first-order valence-corrected chi connectivity index (χ1v) is 9.23. The molecule has 1 N–H and O–H groups in total. The van der Waals surface area contributed by atoms with Crippen LogP contribution < -0.4 is 0 Å². The summed E-state index contributed by atoms with van der Waals surface area (Å²) in [5.74, 6) is -0.250. The number of carbonyl (C=O) groups is 1. The lowest BCUT2D eigenvalue weighted by molar-refractivity contribution is -0.147. The van der Waals surface area contributed by atoms with Crippen LogP contribution in [-0.2, 0) is 22.6 Å². The summed E-state index contributed by atoms with van der Waals surface area (Å²) in [7, 11) is 0. The second-order valence-corrected chi connectivity index (χ2v) is 6.67. The Morgan fingerprint density at radius 1 is 1.08 bits per heavy atom. The minimum absolute atomic E-state index is 0.0396. The molecule has 0 radical (unpaired) electrons. The van der Waals surface area contributed by atoms with E-state index in [1.807, 2.05) is 37.3 Å². The summed E-state index contributed by atoms with van der Waals surface area (Å²) in [5.41, 5.74) is 3.66. The lowest BCUT2D eigenvalue weighted by Gasteiger charge is -2.26. The van der Waals surface area contributed by atoms with Gasteiger partial charge < -0.3 is 9.84 Å². The van der Waals surface area contributed by atoms with E-state index in [0.29, 0.717) is 13.0 Å². The summed E-state index contributed by atoms with van der Waals surface area (Å²) in [6, 6.07) is 18.5. The Morgan fingerprint density at radius 2 is 1.77 bits per heavy atom. The van der Waals surface area contributed by atoms with Gasteiger partial charge >= 0.3 is 5.97 Å². The number of benzene rings is 2. The van der Waals surface area contributed by atoms with Gasteiger partial charge in [-0.15, -0.1) is 0 Å². The average molecular weight is 355 g/mol. The number of aliphatic hydroxyl groups is 1. The van der Waals surface area contributed by atoms with Crippen LogP contribution in [0.4, 0.5) is 0 Å². The van der Waals surface area contributed by atoms with Crippen molar-refractivity contribution in [3.05, 3.63) is 71.3 Å². The van der Waals surface area contributed by atoms with Gasteiger partial charge in [0.1, 0.15) is 12.7 Å². The minimum Gasteiger partial charge on any atom is -0.463 e. The van der Waals surface area contributed by atoms with Gasteiger partial charge in [-0.05, 0) is 30.0 Å². The monoisotopic (exact) mass is 355 g/mol. The van der Waals surface area contributed by atoms with Crippen LogP contribution >= 0.6 is 0 Å². The van der Waals surface area contributed by atoms with Crippen molar-refractivity contribution in [3.63, 3.8) is 0 Å². The molecule has 26 heavy (non-hydrogen) atoms. The van der Waals surface area contributed by atoms with Crippen LogP contribution in [0, 0.1) is 6.92 Å². The summed E-state index contributed by atoms with van der Waals surface area (Å²) in [6.45, 7) is 5.98. The quantitative estimate of drug-likeness (QED) is 0.660. The van der Waals surface area contributed by atoms with Crippen molar-refractivity contribution in [1.29, 1.82) is 0 Å². The number of aryl methyl sites for hydroxylation is 1. The molecule has 0 fully saturated rings. The van der Waals surface area contributed by atoms with Gasteiger partial charge in [0.25, 0.3) is 0 Å². The molecule has 0 aliphatic heterocycles. The van der Waals surface area contributed by atoms with E-state index in [4.69, 9.17) is 4.74 Å². The van der Waals surface area contributed by atoms with Crippen LogP contribution in [-0.4, -0.2) is 35.2 Å². The smallest absolute Gasteiger partial charge is 0.305 e. The molecule has 0 bridgehead atoms. The maximum absolute atomic E-state index is 11.5. The molecular formula is C22H29NO3. The second kappa shape index (κ2) is 10.7. The van der Waals surface area contributed by atoms with Crippen molar-refractivity contribution >= 4 is 5.97 Å². The molecule has 4 heteroatoms. The maximum atomic E-state index is 11.5. The van der Waals surface area contributed by atoms with Crippen molar-refractivity contribution in [1.82, 2.24) is 4.90 Å². The molecule has 0 aliphatic carbocycles. The highest BCUT2D eigenvalue weighted by Crippen LogP contribution is 2.14. The number of nitrogens with zero attached hydrogens (tertiary/aromatic N) is 1. The van der Waals surface area contributed by atoms with Gasteiger partial charge in [-0.1, -0.05) is 61.5 Å². The molecule has 1 atom stereocenters. The third kappa shape index (κ3) is 6.98. The molecule has 2 rings (SSSR count). The van der Waals surface area contributed by atoms with Gasteiger partial charge in [-0.2, -0.15) is 0 Å². The Bertz CT molecular complexity index is 672. The van der Waals surface area contributed by atoms with Crippen LogP contribution in [0.15, 0.2) is 54.6 Å². The summed E-state index contributed by atoms with van der Waals surface area (Å²) < 4.78 is 5.15. The summed E-state index contributed by atoms with van der Waals surface area (Å²) in [6.07, 6.45) is 0.440. The predicted octanol–water partition coefficient (Wildman–Crippen LogP) is 3.70. The third-order valence-corrected chi connectivity index (χ3v) is 4.26. The zero-order chi connectivity index (χ0) is 18.8. The molecule has 0 amide bonds. The van der Waals surface area contributed by atoms with E-state index < -0.39 is 6.10 Å². The molecule has 140 valence electrons. The molecule has 2 aromatic carbocycles. The van der Waals surface area contributed by atoms with Gasteiger partial charge in [-0.25, -0.2) is 0 Å². The highest BCUT2D eigenvalue weighted by molar-refractivity contribution is 5.69. The topological polar surface area (TPSA) is 49.8 Å². The van der Waals surface area contributed by atoms with E-state index in [1.54, 1.807) is 0 Å². The van der Waals surface area contributed by atoms with Crippen LogP contribution in [0.1, 0.15) is 36.5 Å². The minimum atomic E-state index is -0.705. The van der Waals surface area contributed by atoms with Crippen molar-refractivity contribution < 1.29 is 14.6 Å². The van der Waals surface area contributed by atoms with Gasteiger partial charge in [-0.3, -0.25) is 9.69 Å². The Hall–Kier alpha value is -2.17. The van der Waals surface area contributed by atoms with Crippen molar-refractivity contribution in [2.24, 2.45) is 0 Å². The standard InChI is InChI=1S/C22H29NO3/c1-3-9-22(25)26-17-21(24)16-23(14-19-11-5-4-6-12-19)15-20-13-8-7-10-18(20)2/h4-8,10-13,21,24H,3,9,14-17H2,1-2H3. The molecule has 0 aliphatic rings. The zero-order valence-corrected chi connectivity index (χ0v) is 15.7. The van der Waals surface area contributed by atoms with Crippen LogP contribution in [0.2, 0.25) is 0 Å². The van der Waals surface area contributed by atoms with Gasteiger partial charge in [0.05, 0.1) is 0 Å². The fraction of sp³-hybridized carbons (Fsp3) is 0.409. The van der Waals surface area contributed by atoms with E-state index in [9.17, 15) is 9.90 Å². The average Bonchev–Trinajstić information content (AvgIpc) is 2.63. The van der Waals surface area contributed by atoms with Crippen LogP contribution in [0.5, 0.6) is 0 Å². The predicted molar refractivity (Wildman–Crippen MR) is 104 cm³/mol. The van der Waals surface area contributed by atoms with E-state index in [2.05, 4.69) is 36.1 Å². The first-order chi connectivity index (χ1) is 12.6. The second-order valence-electron chi connectivity index (χ2n) is 6.67. The number of rotatable bonds is 10. The van der Waals surface area contributed by atoms with E-state index >= 15 is 0 Å². The molecule has 0 saturated heterocycles. The molecular weight excluding hydrogens is 326 g/mol. The molecule has 0 saturated carbocycles. The van der Waals surface area contributed by atoms with E-state index in [1.165, 1.54) is 16.7 Å². The lowest BCUT2D eigenvalue weighted by atomic mass is 10.1. The van der Waals surface area contributed by atoms with E-state index in [-0.39, 0.29) is 12.6 Å². The summed E-state index contributed by atoms with van der Waals surface area (Å²) in [5, 5.41) is 10.3. The van der Waals surface area contributed by atoms with Crippen molar-refractivity contribution in [2.75, 3.05) is 13.2 Å². The normalized spacial score (nSPS) is 12.2. The van der Waals surface area contributed by atoms with Gasteiger partial charge in [0.15, 0.2) is 0 Å². The number of esters is 1. The highest BCUT2D eigenvalue weighted by atomic mass is 16.5. The Balaban J connectivity index is 2.00. The number of aliphatic hydroxyl groups excluding tert-OH is 1. The van der Waals surface area contributed by atoms with Crippen molar-refractivity contribution in [3.8, 4) is 0 Å². The molecule has 1 unspecified atom stereocenters. The largest absolute Gasteiger partial charge is 0.463 e. The number of hydrogen-bond donors (Lipinski definition) is 1. The Kier molecular flexibility index (Phi) is 8.32. The summed E-state index contributed by atoms with van der Waals surface area (Å²) >= 11 is 0. The third-order valence-electron chi connectivity index (χ3n) is 4.26. The lowest BCUT2D eigenvalue weighted by Crippen LogP contribution is -2.35. The first-order valence-electron chi connectivity index (χ1n) is 9.23. The first kappa shape index (κ1) is 20.1. The molecule has 0 spiro atoms. The fourth-order valence-corrected chi connectivity index (χ4v) is 2.87. The number of hydrogen-bond acceptors (Lipinski definition) is 4. The van der Waals surface area contributed by atoms with E-state index in [0.717, 1.165) is 19.5 Å². The molecule has 0 aromatic heterocycles. The maximum Gasteiger partial charge on any atom is 0.305 e. The van der Waals surface area contributed by atoms with Gasteiger partial charge in [0.2, 0.25) is 0 Å². The van der Waals surface area contributed by atoms with Gasteiger partial charge in [0, 0.05) is 26.1 Å². The highest BCUT2D eigenvalue weighted by Gasteiger charge is 2.15. The number of ether oxygens (including phenoxy) is 1. The molecule has 4 nitrogen and oxygen atoms in total.